The standard InChI is InChI=1S/C18H16N6O4/c1-11-9-12(2)14(22-18-16(24(27)28)6-4-8-20-18)10-13(11)21-17-15(23(25)26)5-3-7-19-17/h3-10H,1-2H3,(H,19,21)(H,20,22). The summed E-state index contributed by atoms with van der Waals surface area (Å²) in [5, 5.41) is 28.3. The molecule has 0 spiro atoms. The van der Waals surface area contributed by atoms with Crippen molar-refractivity contribution in [3.63, 3.8) is 0 Å². The smallest absolute Gasteiger partial charge is 0.311 e. The molecule has 2 heterocycles. The average molecular weight is 380 g/mol. The average Bonchev–Trinajstić information content (AvgIpc) is 2.66. The number of benzene rings is 1. The molecule has 3 aromatic rings. The molecule has 0 radical (unpaired) electrons. The predicted octanol–water partition coefficient (Wildman–Crippen LogP) is 4.40. The van der Waals surface area contributed by atoms with Crippen molar-refractivity contribution < 1.29 is 9.85 Å². The molecule has 10 nitrogen and oxygen atoms in total. The van der Waals surface area contributed by atoms with Gasteiger partial charge < -0.3 is 10.6 Å². The van der Waals surface area contributed by atoms with Crippen LogP contribution in [0.25, 0.3) is 0 Å². The summed E-state index contributed by atoms with van der Waals surface area (Å²) in [4.78, 5) is 29.4. The Kier molecular flexibility index (Phi) is 5.12. The van der Waals surface area contributed by atoms with Gasteiger partial charge in [-0.05, 0) is 43.2 Å². The summed E-state index contributed by atoms with van der Waals surface area (Å²) >= 11 is 0. The summed E-state index contributed by atoms with van der Waals surface area (Å²) in [6, 6.07) is 9.25. The van der Waals surface area contributed by atoms with Crippen molar-refractivity contribution in [1.29, 1.82) is 0 Å². The van der Waals surface area contributed by atoms with Crippen molar-refractivity contribution in [2.75, 3.05) is 10.6 Å². The lowest BCUT2D eigenvalue weighted by molar-refractivity contribution is -0.384. The van der Waals surface area contributed by atoms with E-state index in [1.165, 1.54) is 36.7 Å². The van der Waals surface area contributed by atoms with E-state index in [2.05, 4.69) is 20.6 Å². The van der Waals surface area contributed by atoms with E-state index in [1.54, 1.807) is 6.07 Å². The largest absolute Gasteiger partial charge is 0.334 e. The second-order valence-electron chi connectivity index (χ2n) is 5.99. The Balaban J connectivity index is 1.99. The van der Waals surface area contributed by atoms with Gasteiger partial charge in [0.2, 0.25) is 11.6 Å². The molecule has 0 aliphatic carbocycles. The topological polar surface area (TPSA) is 136 Å². The Bertz CT molecular complexity index is 989. The van der Waals surface area contributed by atoms with Gasteiger partial charge in [-0.25, -0.2) is 9.97 Å². The van der Waals surface area contributed by atoms with Crippen LogP contribution in [0.4, 0.5) is 34.4 Å². The van der Waals surface area contributed by atoms with Crippen molar-refractivity contribution in [1.82, 2.24) is 9.97 Å². The lowest BCUT2D eigenvalue weighted by atomic mass is 10.1. The molecule has 0 aliphatic rings. The fraction of sp³-hybridized carbons (Fsp3) is 0.111. The molecule has 0 saturated heterocycles. The molecule has 0 amide bonds. The van der Waals surface area contributed by atoms with Crippen molar-refractivity contribution in [3.05, 3.63) is 80.1 Å². The summed E-state index contributed by atoms with van der Waals surface area (Å²) in [6.07, 6.45) is 2.91. The molecule has 3 rings (SSSR count). The van der Waals surface area contributed by atoms with Crippen LogP contribution in [-0.2, 0) is 0 Å². The van der Waals surface area contributed by atoms with Crippen LogP contribution in [0, 0.1) is 34.1 Å². The lowest BCUT2D eigenvalue weighted by Gasteiger charge is -2.15. The lowest BCUT2D eigenvalue weighted by Crippen LogP contribution is -2.04. The molecule has 2 aromatic heterocycles. The zero-order chi connectivity index (χ0) is 20.3. The van der Waals surface area contributed by atoms with Crippen LogP contribution in [0.1, 0.15) is 11.1 Å². The van der Waals surface area contributed by atoms with E-state index in [-0.39, 0.29) is 23.0 Å². The summed E-state index contributed by atoms with van der Waals surface area (Å²) in [5.41, 5.74) is 2.51. The van der Waals surface area contributed by atoms with Crippen LogP contribution < -0.4 is 10.6 Å². The molecular weight excluding hydrogens is 364 g/mol. The highest BCUT2D eigenvalue weighted by atomic mass is 16.6. The minimum absolute atomic E-state index is 0.106. The Labute approximate surface area is 159 Å². The van der Waals surface area contributed by atoms with Crippen molar-refractivity contribution in [2.24, 2.45) is 0 Å². The highest BCUT2D eigenvalue weighted by Crippen LogP contribution is 2.33. The Morgan fingerprint density at radius 3 is 1.61 bits per heavy atom. The summed E-state index contributed by atoms with van der Waals surface area (Å²) in [7, 11) is 0. The van der Waals surface area contributed by atoms with Crippen LogP contribution >= 0.6 is 0 Å². The zero-order valence-electron chi connectivity index (χ0n) is 15.0. The fourth-order valence-corrected chi connectivity index (χ4v) is 2.66. The maximum atomic E-state index is 11.2. The van der Waals surface area contributed by atoms with Crippen molar-refractivity contribution >= 4 is 34.4 Å². The molecule has 0 unspecified atom stereocenters. The van der Waals surface area contributed by atoms with Gasteiger partial charge in [0.15, 0.2) is 0 Å². The monoisotopic (exact) mass is 380 g/mol. The number of hydrogen-bond donors (Lipinski definition) is 2. The van der Waals surface area contributed by atoms with Crippen molar-refractivity contribution in [3.8, 4) is 0 Å². The SMILES string of the molecule is Cc1cc(C)c(Nc2ncccc2[N+](=O)[O-])cc1Nc1ncccc1[N+](=O)[O-]. The molecule has 142 valence electrons. The first-order valence-electron chi connectivity index (χ1n) is 8.21. The van der Waals surface area contributed by atoms with E-state index in [0.717, 1.165) is 11.1 Å². The molecule has 0 saturated carbocycles. The number of anilines is 4. The molecule has 0 fully saturated rings. The van der Waals surface area contributed by atoms with E-state index >= 15 is 0 Å². The van der Waals surface area contributed by atoms with Crippen LogP contribution in [0.15, 0.2) is 48.8 Å². The van der Waals surface area contributed by atoms with Gasteiger partial charge in [-0.2, -0.15) is 0 Å². The predicted molar refractivity (Wildman–Crippen MR) is 104 cm³/mol. The van der Waals surface area contributed by atoms with Crippen molar-refractivity contribution in [2.45, 2.75) is 13.8 Å². The summed E-state index contributed by atoms with van der Waals surface area (Å²) in [5.74, 6) is 0.212. The minimum atomic E-state index is -0.519. The molecule has 1 aromatic carbocycles. The maximum Gasteiger partial charge on any atom is 0.311 e. The van der Waals surface area contributed by atoms with Crippen LogP contribution in [0.5, 0.6) is 0 Å². The number of nitrogens with zero attached hydrogens (tertiary/aromatic N) is 4. The van der Waals surface area contributed by atoms with Gasteiger partial charge in [0, 0.05) is 35.9 Å². The first kappa shape index (κ1) is 18.7. The highest BCUT2D eigenvalue weighted by Gasteiger charge is 2.18. The Morgan fingerprint density at radius 2 is 1.21 bits per heavy atom. The minimum Gasteiger partial charge on any atom is -0.334 e. The molecule has 0 aliphatic heterocycles. The van der Waals surface area contributed by atoms with Crippen LogP contribution in [0.3, 0.4) is 0 Å². The van der Waals surface area contributed by atoms with E-state index in [4.69, 9.17) is 0 Å². The number of rotatable bonds is 6. The van der Waals surface area contributed by atoms with Gasteiger partial charge in [-0.1, -0.05) is 6.07 Å². The molecule has 2 N–H and O–H groups in total. The second-order valence-corrected chi connectivity index (χ2v) is 5.99. The van der Waals surface area contributed by atoms with Gasteiger partial charge in [-0.3, -0.25) is 20.2 Å². The maximum absolute atomic E-state index is 11.2. The number of hydrogen-bond acceptors (Lipinski definition) is 8. The van der Waals surface area contributed by atoms with E-state index in [9.17, 15) is 20.2 Å². The molecule has 0 bridgehead atoms. The zero-order valence-corrected chi connectivity index (χ0v) is 15.0. The van der Waals surface area contributed by atoms with E-state index in [1.807, 2.05) is 19.9 Å². The van der Waals surface area contributed by atoms with E-state index < -0.39 is 9.85 Å². The second kappa shape index (κ2) is 7.66. The molecule has 10 heteroatoms. The molecule has 0 atom stereocenters. The molecular formula is C18H16N6O4. The summed E-state index contributed by atoms with van der Waals surface area (Å²) in [6.45, 7) is 3.69. The van der Waals surface area contributed by atoms with Gasteiger partial charge >= 0.3 is 11.4 Å². The van der Waals surface area contributed by atoms with Gasteiger partial charge in [0.05, 0.1) is 9.85 Å². The number of nitro groups is 2. The third-order valence-electron chi connectivity index (χ3n) is 4.04. The number of nitrogens with one attached hydrogen (secondary N) is 2. The Morgan fingerprint density at radius 1 is 0.786 bits per heavy atom. The fourth-order valence-electron chi connectivity index (χ4n) is 2.66. The summed E-state index contributed by atoms with van der Waals surface area (Å²) < 4.78 is 0. The van der Waals surface area contributed by atoms with E-state index in [0.29, 0.717) is 11.4 Å². The van der Waals surface area contributed by atoms with Gasteiger partial charge in [-0.15, -0.1) is 0 Å². The van der Waals surface area contributed by atoms with Gasteiger partial charge in [0.1, 0.15) is 0 Å². The number of aromatic nitrogens is 2. The third-order valence-corrected chi connectivity index (χ3v) is 4.04. The van der Waals surface area contributed by atoms with Gasteiger partial charge in [0.25, 0.3) is 0 Å². The number of pyridine rings is 2. The third kappa shape index (κ3) is 3.85. The number of aryl methyl sites for hydroxylation is 2. The first-order chi connectivity index (χ1) is 13.4. The normalized spacial score (nSPS) is 10.4. The first-order valence-corrected chi connectivity index (χ1v) is 8.21. The van der Waals surface area contributed by atoms with Crippen LogP contribution in [0.2, 0.25) is 0 Å². The Hall–Kier alpha value is -4.08. The molecule has 28 heavy (non-hydrogen) atoms. The quantitative estimate of drug-likeness (QED) is 0.474. The highest BCUT2D eigenvalue weighted by molar-refractivity contribution is 5.75. The van der Waals surface area contributed by atoms with Crippen LogP contribution in [-0.4, -0.2) is 19.8 Å².